The van der Waals surface area contributed by atoms with Crippen LogP contribution in [0.2, 0.25) is 0 Å². The number of anilines is 1. The SMILES string of the molecule is O=C(O)C1=C(CCl)CS[C@@H]2[C@H](NC(=O)C(=NOC(c3ccccc3)(c3ccccc3)c3ccccc3)c3csc(NC(c4ccccc4)(c4ccccc4)c4ccccc4)n3)C(=O)N12. The van der Waals surface area contributed by atoms with Gasteiger partial charge in [0, 0.05) is 33.7 Å². The van der Waals surface area contributed by atoms with Gasteiger partial charge in [0.2, 0.25) is 5.60 Å². The van der Waals surface area contributed by atoms with Gasteiger partial charge in [-0.25, -0.2) is 9.78 Å². The summed E-state index contributed by atoms with van der Waals surface area (Å²) in [5.41, 5.74) is 3.14. The van der Waals surface area contributed by atoms with E-state index < -0.39 is 40.3 Å². The molecule has 0 saturated carbocycles. The molecule has 6 aromatic carbocycles. The van der Waals surface area contributed by atoms with Crippen molar-refractivity contribution in [3.8, 4) is 0 Å². The molecule has 10 nitrogen and oxygen atoms in total. The number of nitrogens with one attached hydrogen (secondary N) is 2. The van der Waals surface area contributed by atoms with Gasteiger partial charge < -0.3 is 20.6 Å². The van der Waals surface area contributed by atoms with Crippen molar-refractivity contribution in [3.63, 3.8) is 0 Å². The van der Waals surface area contributed by atoms with Gasteiger partial charge in [0.15, 0.2) is 10.8 Å². The molecule has 0 bridgehead atoms. The van der Waals surface area contributed by atoms with Crippen molar-refractivity contribution in [2.45, 2.75) is 22.6 Å². The third kappa shape index (κ3) is 7.74. The van der Waals surface area contributed by atoms with Crippen LogP contribution in [-0.4, -0.2) is 61.5 Å². The van der Waals surface area contributed by atoms with Crippen molar-refractivity contribution in [2.24, 2.45) is 5.16 Å². The van der Waals surface area contributed by atoms with E-state index in [4.69, 9.17) is 26.6 Å². The van der Waals surface area contributed by atoms with Crippen LogP contribution in [0.3, 0.4) is 0 Å². The Kier molecular flexibility index (Phi) is 12.2. The predicted octanol–water partition coefficient (Wildman–Crippen LogP) is 9.24. The molecular weight excluding hydrogens is 862 g/mol. The minimum atomic E-state index is -1.35. The first-order valence-electron chi connectivity index (χ1n) is 20.5. The summed E-state index contributed by atoms with van der Waals surface area (Å²) in [5.74, 6) is -2.31. The van der Waals surface area contributed by atoms with Gasteiger partial charge in [-0.15, -0.1) is 34.7 Å². The normalized spacial score (nSPS) is 16.4. The lowest BCUT2D eigenvalue weighted by Crippen LogP contribution is -2.71. The fourth-order valence-corrected chi connectivity index (χ4v) is 10.8. The van der Waals surface area contributed by atoms with Crippen LogP contribution in [0.1, 0.15) is 39.1 Å². The largest absolute Gasteiger partial charge is 0.477 e. The molecule has 0 aliphatic carbocycles. The van der Waals surface area contributed by atoms with Crippen LogP contribution >= 0.6 is 34.7 Å². The van der Waals surface area contributed by atoms with Gasteiger partial charge >= 0.3 is 5.97 Å². The van der Waals surface area contributed by atoms with E-state index in [1.807, 2.05) is 146 Å². The minimum absolute atomic E-state index is 0.0391. The van der Waals surface area contributed by atoms with Gasteiger partial charge in [-0.3, -0.25) is 14.5 Å². The number of alkyl halides is 1. The number of hydrogen-bond acceptors (Lipinski definition) is 9. The summed E-state index contributed by atoms with van der Waals surface area (Å²) < 4.78 is 0. The monoisotopic (exact) mass is 901 g/mol. The number of thiazole rings is 1. The first-order valence-corrected chi connectivity index (χ1v) is 22.9. The molecule has 1 aromatic heterocycles. The molecular formula is C51H40ClN5O5S2. The Hall–Kier alpha value is -6.99. The van der Waals surface area contributed by atoms with E-state index in [-0.39, 0.29) is 28.7 Å². The zero-order valence-electron chi connectivity index (χ0n) is 34.1. The Morgan fingerprint density at radius 1 is 0.719 bits per heavy atom. The van der Waals surface area contributed by atoms with Crippen LogP contribution in [0, 0.1) is 0 Å². The van der Waals surface area contributed by atoms with Crippen molar-refractivity contribution in [1.82, 2.24) is 15.2 Å². The first kappa shape index (κ1) is 42.3. The van der Waals surface area contributed by atoms with E-state index in [1.165, 1.54) is 28.0 Å². The molecule has 0 unspecified atom stereocenters. The number of oxime groups is 1. The number of fused-ring (bicyclic) bond motifs is 1. The number of hydrogen-bond donors (Lipinski definition) is 3. The number of carboxylic acids is 1. The summed E-state index contributed by atoms with van der Waals surface area (Å²) in [4.78, 5) is 54.1. The lowest BCUT2D eigenvalue weighted by atomic mass is 9.77. The standard InChI is InChI=1S/C51H40ClN5O5S2/c52-31-34-32-63-47-43(46(59)57(47)44(34)48(60)61)54-45(58)42(56-62-51(38-25-13-4-14-26-38,39-27-15-5-16-28-39)40-29-17-6-18-30-40)41-33-64-49(53-41)55-50(35-19-7-1-8-20-35,36-21-9-2-10-22-36)37-23-11-3-12-24-37/h1-30,33,43,47H,31-32H2,(H,53,55)(H,54,58)(H,60,61)/t43-,47-/m1/s1. The molecule has 0 spiro atoms. The fraction of sp³-hybridized carbons (Fsp3) is 0.118. The van der Waals surface area contributed by atoms with Crippen LogP contribution < -0.4 is 10.6 Å². The molecule has 9 rings (SSSR count). The van der Waals surface area contributed by atoms with Gasteiger partial charge in [-0.2, -0.15) is 0 Å². The number of carbonyl (C=O) groups excluding carboxylic acids is 2. The average molecular weight is 902 g/mol. The highest BCUT2D eigenvalue weighted by molar-refractivity contribution is 8.00. The van der Waals surface area contributed by atoms with Crippen LogP contribution in [0.5, 0.6) is 0 Å². The zero-order valence-corrected chi connectivity index (χ0v) is 36.5. The summed E-state index contributed by atoms with van der Waals surface area (Å²) in [6.07, 6.45) is 0. The maximum atomic E-state index is 14.9. The molecule has 7 aromatic rings. The number of halogens is 1. The Labute approximate surface area is 383 Å². The number of benzene rings is 6. The summed E-state index contributed by atoms with van der Waals surface area (Å²) >= 11 is 8.72. The number of nitrogens with zero attached hydrogens (tertiary/aromatic N) is 3. The number of carboxylic acid groups (broad SMARTS) is 1. The molecule has 2 aliphatic rings. The Morgan fingerprint density at radius 3 is 1.58 bits per heavy atom. The molecule has 1 saturated heterocycles. The lowest BCUT2D eigenvalue weighted by molar-refractivity contribution is -0.150. The molecule has 2 aliphatic heterocycles. The molecule has 13 heteroatoms. The summed E-state index contributed by atoms with van der Waals surface area (Å²) in [7, 11) is 0. The number of aliphatic carboxylic acids is 1. The second-order valence-corrected chi connectivity index (χ2v) is 17.3. The Bertz CT molecular complexity index is 2640. The van der Waals surface area contributed by atoms with Crippen molar-refractivity contribution in [2.75, 3.05) is 16.9 Å². The van der Waals surface area contributed by atoms with Crippen LogP contribution in [-0.2, 0) is 30.4 Å². The van der Waals surface area contributed by atoms with Gasteiger partial charge in [-0.1, -0.05) is 187 Å². The van der Waals surface area contributed by atoms with E-state index in [9.17, 15) is 19.5 Å². The predicted molar refractivity (Wildman–Crippen MR) is 252 cm³/mol. The van der Waals surface area contributed by atoms with E-state index in [1.54, 1.807) is 5.38 Å². The smallest absolute Gasteiger partial charge is 0.352 e. The minimum Gasteiger partial charge on any atom is -0.477 e. The number of aromatic nitrogens is 1. The molecule has 318 valence electrons. The molecule has 64 heavy (non-hydrogen) atoms. The highest BCUT2D eigenvalue weighted by Crippen LogP contribution is 2.44. The van der Waals surface area contributed by atoms with Gasteiger partial charge in [-0.05, 0) is 22.3 Å². The summed E-state index contributed by atoms with van der Waals surface area (Å²) in [6.45, 7) is 0. The highest BCUT2D eigenvalue weighted by atomic mass is 35.5. The average Bonchev–Trinajstić information content (AvgIpc) is 3.82. The number of rotatable bonds is 15. The Morgan fingerprint density at radius 2 is 1.16 bits per heavy atom. The third-order valence-corrected chi connectivity index (χ3v) is 13.8. The van der Waals surface area contributed by atoms with E-state index in [2.05, 4.69) is 47.0 Å². The fourth-order valence-electron chi connectivity index (χ4n) is 8.37. The van der Waals surface area contributed by atoms with Gasteiger partial charge in [0.25, 0.3) is 11.8 Å². The quantitative estimate of drug-likeness (QED) is 0.0305. The molecule has 2 atom stereocenters. The number of thioether (sulfide) groups is 1. The number of β-lactam (4-membered cyclic amide) rings is 1. The van der Waals surface area contributed by atoms with E-state index in [0.29, 0.717) is 10.7 Å². The molecule has 3 heterocycles. The van der Waals surface area contributed by atoms with Crippen LogP contribution in [0.4, 0.5) is 5.13 Å². The third-order valence-electron chi connectivity index (χ3n) is 11.4. The summed E-state index contributed by atoms with van der Waals surface area (Å²) in [5, 5.41) is 23.0. The first-order chi connectivity index (χ1) is 31.3. The van der Waals surface area contributed by atoms with Gasteiger partial charge in [0.1, 0.15) is 28.3 Å². The van der Waals surface area contributed by atoms with E-state index >= 15 is 0 Å². The second kappa shape index (κ2) is 18.4. The second-order valence-electron chi connectivity index (χ2n) is 15.1. The van der Waals surface area contributed by atoms with Crippen molar-refractivity contribution in [3.05, 3.63) is 238 Å². The maximum absolute atomic E-state index is 14.9. The summed E-state index contributed by atoms with van der Waals surface area (Å²) in [6, 6.07) is 58.1. The topological polar surface area (TPSA) is 133 Å². The van der Waals surface area contributed by atoms with Crippen LogP contribution in [0.15, 0.2) is 204 Å². The molecule has 3 N–H and O–H groups in total. The molecule has 2 amide bonds. The number of amides is 2. The zero-order chi connectivity index (χ0) is 44.1. The molecule has 1 fully saturated rings. The van der Waals surface area contributed by atoms with Crippen molar-refractivity contribution < 1.29 is 24.3 Å². The van der Waals surface area contributed by atoms with E-state index in [0.717, 1.165) is 33.4 Å². The highest BCUT2D eigenvalue weighted by Gasteiger charge is 2.54. The Balaban J connectivity index is 1.17. The lowest BCUT2D eigenvalue weighted by Gasteiger charge is -2.49. The van der Waals surface area contributed by atoms with Crippen LogP contribution in [0.25, 0.3) is 0 Å². The number of carbonyl (C=O) groups is 3. The van der Waals surface area contributed by atoms with Crippen molar-refractivity contribution >= 4 is 63.3 Å². The maximum Gasteiger partial charge on any atom is 0.352 e. The molecule has 0 radical (unpaired) electrons. The van der Waals surface area contributed by atoms with Gasteiger partial charge in [0.05, 0.1) is 0 Å². The van der Waals surface area contributed by atoms with Crippen molar-refractivity contribution in [1.29, 1.82) is 0 Å².